The molecule has 4 nitrogen and oxygen atoms in total. The summed E-state index contributed by atoms with van der Waals surface area (Å²) in [6.45, 7) is 3.61. The van der Waals surface area contributed by atoms with Gasteiger partial charge in [-0.1, -0.05) is 0 Å². The van der Waals surface area contributed by atoms with Crippen LogP contribution in [0.25, 0.3) is 0 Å². The van der Waals surface area contributed by atoms with Crippen molar-refractivity contribution in [1.29, 1.82) is 0 Å². The van der Waals surface area contributed by atoms with Crippen LogP contribution in [0.3, 0.4) is 0 Å². The molecule has 0 aliphatic heterocycles. The van der Waals surface area contributed by atoms with Gasteiger partial charge < -0.3 is 9.72 Å². The lowest BCUT2D eigenvalue weighted by Gasteiger charge is -2.07. The maximum Gasteiger partial charge on any atom is 0.251 e. The summed E-state index contributed by atoms with van der Waals surface area (Å²) in [6.07, 6.45) is -0.169. The molecule has 0 radical (unpaired) electrons. The minimum atomic E-state index is -0.169. The molecule has 0 bridgehead atoms. The summed E-state index contributed by atoms with van der Waals surface area (Å²) in [6, 6.07) is 1.45. The van der Waals surface area contributed by atoms with Gasteiger partial charge in [-0.15, -0.1) is 0 Å². The summed E-state index contributed by atoms with van der Waals surface area (Å²) < 4.78 is 5.01. The van der Waals surface area contributed by atoms with Crippen LogP contribution in [0.4, 0.5) is 0 Å². The molecule has 0 fully saturated rings. The number of hydrogen-bond acceptors (Lipinski definition) is 3. The smallest absolute Gasteiger partial charge is 0.251 e. The molecule has 0 saturated carbocycles. The van der Waals surface area contributed by atoms with E-state index >= 15 is 0 Å². The summed E-state index contributed by atoms with van der Waals surface area (Å²) >= 11 is 0. The van der Waals surface area contributed by atoms with Crippen LogP contribution < -0.4 is 5.56 Å². The normalized spacial score (nSPS) is 12.9. The zero-order valence-corrected chi connectivity index (χ0v) is 7.42. The number of nitrogens with zero attached hydrogens (tertiary/aromatic N) is 1. The molecule has 12 heavy (non-hydrogen) atoms. The van der Waals surface area contributed by atoms with Crippen molar-refractivity contribution >= 4 is 0 Å². The first kappa shape index (κ1) is 8.93. The fourth-order valence-corrected chi connectivity index (χ4v) is 0.906. The predicted octanol–water partition coefficient (Wildman–Crippen LogP) is 0.786. The Balaban J connectivity index is 3.08. The molecule has 0 saturated heterocycles. The van der Waals surface area contributed by atoms with Crippen molar-refractivity contribution in [1.82, 2.24) is 9.97 Å². The Morgan fingerprint density at radius 2 is 2.33 bits per heavy atom. The van der Waals surface area contributed by atoms with Gasteiger partial charge in [0.05, 0.1) is 0 Å². The van der Waals surface area contributed by atoms with Gasteiger partial charge in [-0.25, -0.2) is 4.98 Å². The zero-order chi connectivity index (χ0) is 9.14. The van der Waals surface area contributed by atoms with Crippen molar-refractivity contribution in [2.45, 2.75) is 20.0 Å². The fourth-order valence-electron chi connectivity index (χ4n) is 0.906. The summed E-state index contributed by atoms with van der Waals surface area (Å²) in [5.41, 5.74) is 0.569. The van der Waals surface area contributed by atoms with Gasteiger partial charge in [0.25, 0.3) is 5.56 Å². The van der Waals surface area contributed by atoms with Crippen molar-refractivity contribution in [3.8, 4) is 0 Å². The number of methoxy groups -OCH3 is 1. The largest absolute Gasteiger partial charge is 0.374 e. The van der Waals surface area contributed by atoms with E-state index in [-0.39, 0.29) is 11.7 Å². The van der Waals surface area contributed by atoms with E-state index in [4.69, 9.17) is 4.74 Å². The van der Waals surface area contributed by atoms with Crippen LogP contribution in [-0.2, 0) is 4.74 Å². The number of ether oxygens (including phenoxy) is 1. The number of aryl methyl sites for hydroxylation is 1. The number of aromatic amines is 1. The van der Waals surface area contributed by atoms with Gasteiger partial charge in [-0.2, -0.15) is 0 Å². The quantitative estimate of drug-likeness (QED) is 0.710. The molecule has 0 aliphatic carbocycles. The third-order valence-electron chi connectivity index (χ3n) is 1.63. The molecule has 1 rings (SSSR count). The lowest BCUT2D eigenvalue weighted by atomic mass is 10.3. The van der Waals surface area contributed by atoms with Crippen molar-refractivity contribution in [2.24, 2.45) is 0 Å². The average Bonchev–Trinajstić information content (AvgIpc) is 2.01. The number of hydrogen-bond donors (Lipinski definition) is 1. The maximum atomic E-state index is 11.0. The van der Waals surface area contributed by atoms with Gasteiger partial charge in [0.1, 0.15) is 11.9 Å². The SMILES string of the molecule is COC(C)c1nc(C)cc(=O)[nH]1. The molecule has 1 heterocycles. The van der Waals surface area contributed by atoms with E-state index in [1.165, 1.54) is 6.07 Å². The van der Waals surface area contributed by atoms with E-state index in [0.29, 0.717) is 11.5 Å². The summed E-state index contributed by atoms with van der Waals surface area (Å²) in [7, 11) is 1.58. The van der Waals surface area contributed by atoms with Gasteiger partial charge in [0, 0.05) is 18.9 Å². The van der Waals surface area contributed by atoms with Gasteiger partial charge in [0.15, 0.2) is 0 Å². The van der Waals surface area contributed by atoms with Crippen LogP contribution in [0, 0.1) is 6.92 Å². The average molecular weight is 168 g/mol. The van der Waals surface area contributed by atoms with E-state index < -0.39 is 0 Å². The second-order valence-corrected chi connectivity index (χ2v) is 2.65. The molecule has 1 unspecified atom stereocenters. The Hall–Kier alpha value is -1.16. The predicted molar refractivity (Wildman–Crippen MR) is 45.0 cm³/mol. The highest BCUT2D eigenvalue weighted by Gasteiger charge is 2.06. The second kappa shape index (κ2) is 3.49. The van der Waals surface area contributed by atoms with Gasteiger partial charge in [-0.3, -0.25) is 4.79 Å². The molecule has 1 aromatic heterocycles. The van der Waals surface area contributed by atoms with E-state index in [1.54, 1.807) is 14.0 Å². The highest BCUT2D eigenvalue weighted by Crippen LogP contribution is 2.07. The number of nitrogens with one attached hydrogen (secondary N) is 1. The van der Waals surface area contributed by atoms with Crippen LogP contribution in [0.2, 0.25) is 0 Å². The summed E-state index contributed by atoms with van der Waals surface area (Å²) in [5, 5.41) is 0. The fraction of sp³-hybridized carbons (Fsp3) is 0.500. The number of rotatable bonds is 2. The van der Waals surface area contributed by atoms with Crippen molar-refractivity contribution in [2.75, 3.05) is 7.11 Å². The molecule has 66 valence electrons. The van der Waals surface area contributed by atoms with E-state index in [9.17, 15) is 4.79 Å². The summed E-state index contributed by atoms with van der Waals surface area (Å²) in [4.78, 5) is 17.7. The Morgan fingerprint density at radius 1 is 1.67 bits per heavy atom. The van der Waals surface area contributed by atoms with E-state index in [1.807, 2.05) is 6.92 Å². The Morgan fingerprint density at radius 3 is 2.83 bits per heavy atom. The molecular formula is C8H12N2O2. The molecule has 0 amide bonds. The molecule has 0 spiro atoms. The molecular weight excluding hydrogens is 156 g/mol. The van der Waals surface area contributed by atoms with E-state index in [0.717, 1.165) is 0 Å². The van der Waals surface area contributed by atoms with Crippen LogP contribution in [0.1, 0.15) is 24.5 Å². The van der Waals surface area contributed by atoms with Crippen LogP contribution in [0.15, 0.2) is 10.9 Å². The molecule has 0 aliphatic rings. The van der Waals surface area contributed by atoms with Crippen LogP contribution >= 0.6 is 0 Å². The highest BCUT2D eigenvalue weighted by molar-refractivity contribution is 5.01. The Kier molecular flexibility index (Phi) is 2.60. The number of H-pyrrole nitrogens is 1. The van der Waals surface area contributed by atoms with Gasteiger partial charge in [-0.05, 0) is 13.8 Å². The minimum Gasteiger partial charge on any atom is -0.374 e. The molecule has 1 aromatic rings. The topological polar surface area (TPSA) is 55.0 Å². The van der Waals surface area contributed by atoms with Gasteiger partial charge >= 0.3 is 0 Å². The van der Waals surface area contributed by atoms with E-state index in [2.05, 4.69) is 9.97 Å². The molecule has 1 atom stereocenters. The standard InChI is InChI=1S/C8H12N2O2/c1-5-4-7(11)10-8(9-5)6(2)12-3/h4,6H,1-3H3,(H,9,10,11). The Bertz CT molecular complexity index is 319. The van der Waals surface area contributed by atoms with Crippen molar-refractivity contribution in [3.63, 3.8) is 0 Å². The van der Waals surface area contributed by atoms with Crippen molar-refractivity contribution in [3.05, 3.63) is 27.9 Å². The molecule has 1 N–H and O–H groups in total. The number of aromatic nitrogens is 2. The molecule has 4 heteroatoms. The third kappa shape index (κ3) is 1.92. The monoisotopic (exact) mass is 168 g/mol. The second-order valence-electron chi connectivity index (χ2n) is 2.65. The lowest BCUT2D eigenvalue weighted by molar-refractivity contribution is 0.111. The first-order valence-corrected chi connectivity index (χ1v) is 3.74. The first-order valence-electron chi connectivity index (χ1n) is 3.74. The van der Waals surface area contributed by atoms with Crippen LogP contribution in [0.5, 0.6) is 0 Å². The summed E-state index contributed by atoms with van der Waals surface area (Å²) in [5.74, 6) is 0.572. The van der Waals surface area contributed by atoms with Crippen molar-refractivity contribution < 1.29 is 4.74 Å². The lowest BCUT2D eigenvalue weighted by Crippen LogP contribution is -2.14. The third-order valence-corrected chi connectivity index (χ3v) is 1.63. The Labute approximate surface area is 70.6 Å². The first-order chi connectivity index (χ1) is 5.63. The highest BCUT2D eigenvalue weighted by atomic mass is 16.5. The maximum absolute atomic E-state index is 11.0. The zero-order valence-electron chi connectivity index (χ0n) is 7.42. The minimum absolute atomic E-state index is 0.138. The molecule has 0 aromatic carbocycles. The van der Waals surface area contributed by atoms with Crippen LogP contribution in [-0.4, -0.2) is 17.1 Å². The van der Waals surface area contributed by atoms with Gasteiger partial charge in [0.2, 0.25) is 0 Å².